The second-order valence-corrected chi connectivity index (χ2v) is 6.47. The Balaban J connectivity index is -0.00000180. The molecule has 0 saturated carbocycles. The fourth-order valence-corrected chi connectivity index (χ4v) is 3.06. The molecule has 8 nitrogen and oxygen atoms in total. The van der Waals surface area contributed by atoms with Crippen molar-refractivity contribution >= 4 is 79.8 Å². The van der Waals surface area contributed by atoms with Crippen molar-refractivity contribution in [2.45, 2.75) is 19.0 Å². The second-order valence-electron chi connectivity index (χ2n) is 6.47. The molecule has 1 amide bonds. The van der Waals surface area contributed by atoms with Crippen LogP contribution in [-0.2, 0) is 11.3 Å². The van der Waals surface area contributed by atoms with Gasteiger partial charge in [-0.25, -0.2) is 14.9 Å². The summed E-state index contributed by atoms with van der Waals surface area (Å²) in [5.41, 5.74) is 3.02. The van der Waals surface area contributed by atoms with Crippen LogP contribution in [0.15, 0.2) is 36.7 Å². The van der Waals surface area contributed by atoms with E-state index >= 15 is 0 Å². The van der Waals surface area contributed by atoms with Crippen LogP contribution in [0, 0.1) is 5.82 Å². The van der Waals surface area contributed by atoms with Crippen molar-refractivity contribution in [3.05, 3.63) is 53.7 Å². The summed E-state index contributed by atoms with van der Waals surface area (Å²) < 4.78 is 18.6. The number of carbonyl (C=O) groups excluding carboxylic acids is 1. The van der Waals surface area contributed by atoms with Gasteiger partial charge in [-0.3, -0.25) is 19.9 Å². The Morgan fingerprint density at radius 2 is 1.97 bits per heavy atom. The van der Waals surface area contributed by atoms with E-state index in [1.165, 1.54) is 24.7 Å². The molecule has 1 aromatic carbocycles. The standard InChI is InChI=1S/C19H22FN5O3.5ClH/c1-28-17-8-13(2-4-16(17)20)11-25-7-6-15(12-25)23-18-10-21-14(9-22-18)3-5-19(26)24-27;;;;;/h2-5,8-10,15,27H,6-7,11-12H2,1H3,(H,22,23)(H,24,26);5*1H/t15-;;;;;/m1...../s1. The number of hydroxylamine groups is 1. The number of nitrogens with one attached hydrogen (secondary N) is 2. The van der Waals surface area contributed by atoms with Gasteiger partial charge in [0.15, 0.2) is 11.6 Å². The number of anilines is 1. The zero-order valence-corrected chi connectivity index (χ0v) is 21.6. The van der Waals surface area contributed by atoms with Crippen LogP contribution in [0.5, 0.6) is 5.75 Å². The summed E-state index contributed by atoms with van der Waals surface area (Å²) in [6.07, 6.45) is 6.72. The van der Waals surface area contributed by atoms with Gasteiger partial charge < -0.3 is 10.1 Å². The van der Waals surface area contributed by atoms with Crippen LogP contribution in [0.4, 0.5) is 10.2 Å². The lowest BCUT2D eigenvalue weighted by molar-refractivity contribution is -0.124. The molecule has 1 fully saturated rings. The maximum Gasteiger partial charge on any atom is 0.267 e. The fraction of sp³-hybridized carbons (Fsp3) is 0.316. The van der Waals surface area contributed by atoms with Crippen LogP contribution in [0.1, 0.15) is 17.7 Å². The van der Waals surface area contributed by atoms with Crippen molar-refractivity contribution in [1.82, 2.24) is 20.3 Å². The molecular formula is C19H27Cl5FN5O3. The van der Waals surface area contributed by atoms with E-state index in [2.05, 4.69) is 20.2 Å². The summed E-state index contributed by atoms with van der Waals surface area (Å²) in [5, 5.41) is 11.8. The summed E-state index contributed by atoms with van der Waals surface area (Å²) >= 11 is 0. The van der Waals surface area contributed by atoms with Crippen LogP contribution in [-0.4, -0.2) is 52.2 Å². The first-order chi connectivity index (χ1) is 13.6. The third-order valence-corrected chi connectivity index (χ3v) is 4.43. The molecule has 1 saturated heterocycles. The molecule has 1 aliphatic heterocycles. The number of methoxy groups -OCH3 is 1. The van der Waals surface area contributed by atoms with Crippen molar-refractivity contribution in [3.63, 3.8) is 0 Å². The summed E-state index contributed by atoms with van der Waals surface area (Å²) in [5.74, 6) is -0.0822. The highest BCUT2D eigenvalue weighted by Crippen LogP contribution is 2.21. The fourth-order valence-electron chi connectivity index (χ4n) is 3.06. The van der Waals surface area contributed by atoms with Gasteiger partial charge in [0, 0.05) is 31.8 Å². The number of hydrogen-bond donors (Lipinski definition) is 3. The SMILES string of the molecule is COc1cc(CN2CC[C@@H](Nc3cnc(C=CC(=O)NO)cn3)C2)ccc1F.Cl.Cl.Cl.Cl.Cl. The van der Waals surface area contributed by atoms with E-state index in [9.17, 15) is 9.18 Å². The Labute approximate surface area is 222 Å². The van der Waals surface area contributed by atoms with Gasteiger partial charge in [-0.1, -0.05) is 6.07 Å². The minimum atomic E-state index is -0.631. The van der Waals surface area contributed by atoms with Gasteiger partial charge in [0.25, 0.3) is 5.91 Å². The first-order valence-corrected chi connectivity index (χ1v) is 8.83. The lowest BCUT2D eigenvalue weighted by atomic mass is 10.2. The van der Waals surface area contributed by atoms with E-state index in [1.54, 1.807) is 24.5 Å². The van der Waals surface area contributed by atoms with Gasteiger partial charge in [-0.15, -0.1) is 62.0 Å². The first kappa shape index (κ1) is 36.0. The lowest BCUT2D eigenvalue weighted by Crippen LogP contribution is -2.26. The topological polar surface area (TPSA) is 99.6 Å². The first-order valence-electron chi connectivity index (χ1n) is 8.83. The molecule has 3 rings (SSSR count). The number of hydrogen-bond acceptors (Lipinski definition) is 7. The Bertz CT molecular complexity index is 864. The molecule has 188 valence electrons. The molecule has 0 unspecified atom stereocenters. The zero-order valence-electron chi connectivity index (χ0n) is 17.5. The van der Waals surface area contributed by atoms with Gasteiger partial charge in [-0.2, -0.15) is 0 Å². The third kappa shape index (κ3) is 10.9. The summed E-state index contributed by atoms with van der Waals surface area (Å²) in [6, 6.07) is 5.16. The normalized spacial score (nSPS) is 14.5. The Morgan fingerprint density at radius 1 is 1.24 bits per heavy atom. The smallest absolute Gasteiger partial charge is 0.267 e. The largest absolute Gasteiger partial charge is 0.494 e. The maximum absolute atomic E-state index is 13.5. The Kier molecular flexibility index (Phi) is 19.4. The highest BCUT2D eigenvalue weighted by molar-refractivity contribution is 5.90. The van der Waals surface area contributed by atoms with E-state index in [-0.39, 0.29) is 79.6 Å². The monoisotopic (exact) mass is 567 g/mol. The van der Waals surface area contributed by atoms with Crippen LogP contribution >= 0.6 is 62.0 Å². The van der Waals surface area contributed by atoms with Gasteiger partial charge in [0.2, 0.25) is 0 Å². The molecule has 0 spiro atoms. The van der Waals surface area contributed by atoms with E-state index in [4.69, 9.17) is 9.94 Å². The number of halogens is 6. The molecule has 0 bridgehead atoms. The summed E-state index contributed by atoms with van der Waals surface area (Å²) in [4.78, 5) is 21.7. The molecule has 33 heavy (non-hydrogen) atoms. The van der Waals surface area contributed by atoms with Crippen molar-refractivity contribution in [2.75, 3.05) is 25.5 Å². The van der Waals surface area contributed by atoms with Crippen LogP contribution < -0.4 is 15.5 Å². The molecule has 2 aromatic rings. The van der Waals surface area contributed by atoms with Crippen LogP contribution in [0.2, 0.25) is 0 Å². The third-order valence-electron chi connectivity index (χ3n) is 4.43. The van der Waals surface area contributed by atoms with Gasteiger partial charge in [0.1, 0.15) is 5.82 Å². The predicted octanol–water partition coefficient (Wildman–Crippen LogP) is 3.94. The van der Waals surface area contributed by atoms with E-state index in [1.807, 2.05) is 0 Å². The average Bonchev–Trinajstić information content (AvgIpc) is 3.15. The number of benzene rings is 1. The maximum atomic E-state index is 13.5. The Hall–Kier alpha value is -1.59. The molecule has 1 aliphatic rings. The minimum absolute atomic E-state index is 0. The average molecular weight is 570 g/mol. The van der Waals surface area contributed by atoms with Crippen molar-refractivity contribution in [2.24, 2.45) is 0 Å². The second kappa shape index (κ2) is 17.8. The highest BCUT2D eigenvalue weighted by Gasteiger charge is 2.23. The number of rotatable bonds is 7. The van der Waals surface area contributed by atoms with Gasteiger partial charge in [0.05, 0.1) is 25.2 Å². The van der Waals surface area contributed by atoms with Crippen LogP contribution in [0.3, 0.4) is 0 Å². The van der Waals surface area contributed by atoms with Crippen LogP contribution in [0.25, 0.3) is 6.08 Å². The zero-order chi connectivity index (χ0) is 19.9. The molecule has 1 aromatic heterocycles. The predicted molar refractivity (Wildman–Crippen MR) is 137 cm³/mol. The molecule has 14 heteroatoms. The number of ether oxygens (including phenoxy) is 1. The number of nitrogens with zero attached hydrogens (tertiary/aromatic N) is 3. The number of likely N-dealkylation sites (tertiary alicyclic amines) is 1. The quantitative estimate of drug-likeness (QED) is 0.264. The summed E-state index contributed by atoms with van der Waals surface area (Å²) in [6.45, 7) is 2.47. The van der Waals surface area contributed by atoms with E-state index < -0.39 is 5.91 Å². The molecule has 3 N–H and O–H groups in total. The summed E-state index contributed by atoms with van der Waals surface area (Å²) in [7, 11) is 1.46. The molecule has 2 heterocycles. The molecule has 1 atom stereocenters. The number of aromatic nitrogens is 2. The van der Waals surface area contributed by atoms with Crippen molar-refractivity contribution < 1.29 is 19.1 Å². The van der Waals surface area contributed by atoms with Gasteiger partial charge in [-0.05, 0) is 30.2 Å². The Morgan fingerprint density at radius 3 is 2.58 bits per heavy atom. The van der Waals surface area contributed by atoms with E-state index in [0.29, 0.717) is 11.5 Å². The van der Waals surface area contributed by atoms with Gasteiger partial charge >= 0.3 is 0 Å². The minimum Gasteiger partial charge on any atom is -0.494 e. The molecule has 0 aliphatic carbocycles. The lowest BCUT2D eigenvalue weighted by Gasteiger charge is -2.17. The molecular weight excluding hydrogens is 543 g/mol. The van der Waals surface area contributed by atoms with E-state index in [0.717, 1.165) is 37.7 Å². The van der Waals surface area contributed by atoms with Crippen molar-refractivity contribution in [3.8, 4) is 5.75 Å². The number of amides is 1. The molecule has 0 radical (unpaired) electrons. The number of carbonyl (C=O) groups is 1. The highest BCUT2D eigenvalue weighted by atomic mass is 35.5. The van der Waals surface area contributed by atoms with Crippen molar-refractivity contribution in [1.29, 1.82) is 0 Å².